The molecule has 1 nitrogen and oxygen atoms in total. The summed E-state index contributed by atoms with van der Waals surface area (Å²) >= 11 is 1.87. The van der Waals surface area contributed by atoms with Crippen LogP contribution in [-0.4, -0.2) is 8.07 Å². The standard InChI is InChI=1S/C54H39NSSi/c1-6-16-40(17-7-1)43-30-36-51-52-37-33-46(39-54(52)56-53(51)38-43)55(44-18-8-2-9-19-44)45-31-26-41(27-32-45)42-28-34-50(35-29-42)57(47-20-10-3-11-21-47,48-22-12-4-13-23-48)49-24-14-5-15-25-49/h1-39H. The Kier molecular flexibility index (Phi) is 9.15. The van der Waals surface area contributed by atoms with E-state index < -0.39 is 8.07 Å². The van der Waals surface area contributed by atoms with Gasteiger partial charge in [-0.05, 0) is 85.5 Å². The van der Waals surface area contributed by atoms with Crippen LogP contribution in [0.4, 0.5) is 17.1 Å². The fourth-order valence-corrected chi connectivity index (χ4v) is 14.4. The molecule has 10 aromatic rings. The molecule has 0 N–H and O–H groups in total. The Morgan fingerprint density at radius 1 is 0.281 bits per heavy atom. The molecule has 0 radical (unpaired) electrons. The number of thiophene rings is 1. The number of hydrogen-bond acceptors (Lipinski definition) is 2. The molecule has 0 unspecified atom stereocenters. The third-order valence-electron chi connectivity index (χ3n) is 11.2. The summed E-state index contributed by atoms with van der Waals surface area (Å²) < 4.78 is 2.59. The summed E-state index contributed by atoms with van der Waals surface area (Å²) in [6, 6.07) is 86.9. The average molecular weight is 762 g/mol. The highest BCUT2D eigenvalue weighted by molar-refractivity contribution is 7.26. The minimum atomic E-state index is -2.58. The Balaban J connectivity index is 1.01. The van der Waals surface area contributed by atoms with E-state index in [1.807, 2.05) is 11.3 Å². The second kappa shape index (κ2) is 15.0. The van der Waals surface area contributed by atoms with Crippen molar-refractivity contribution in [1.29, 1.82) is 0 Å². The van der Waals surface area contributed by atoms with Crippen molar-refractivity contribution < 1.29 is 0 Å². The summed E-state index contributed by atoms with van der Waals surface area (Å²) in [5, 5.41) is 8.11. The predicted molar refractivity (Wildman–Crippen MR) is 249 cm³/mol. The van der Waals surface area contributed by atoms with E-state index in [9.17, 15) is 0 Å². The first-order valence-electron chi connectivity index (χ1n) is 19.5. The monoisotopic (exact) mass is 761 g/mol. The number of fused-ring (bicyclic) bond motifs is 3. The van der Waals surface area contributed by atoms with Gasteiger partial charge < -0.3 is 4.90 Å². The molecule has 0 fully saturated rings. The maximum atomic E-state index is 2.38. The number of hydrogen-bond donors (Lipinski definition) is 0. The summed E-state index contributed by atoms with van der Waals surface area (Å²) in [4.78, 5) is 2.37. The van der Waals surface area contributed by atoms with Crippen molar-refractivity contribution in [3.63, 3.8) is 0 Å². The first-order chi connectivity index (χ1) is 28.3. The van der Waals surface area contributed by atoms with Crippen LogP contribution in [0.15, 0.2) is 237 Å². The molecule has 0 bridgehead atoms. The quantitative estimate of drug-likeness (QED) is 0.105. The van der Waals surface area contributed by atoms with E-state index in [1.54, 1.807) is 0 Å². The average Bonchev–Trinajstić information content (AvgIpc) is 3.66. The SMILES string of the molecule is c1ccc(-c2ccc3c(c2)sc2cc(N(c4ccccc4)c4ccc(-c5ccc([Si](c6ccccc6)(c6ccccc6)c6ccccc6)cc5)cc4)ccc23)cc1. The molecule has 0 spiro atoms. The highest BCUT2D eigenvalue weighted by Crippen LogP contribution is 2.41. The first kappa shape index (κ1) is 34.7. The molecule has 1 aromatic heterocycles. The van der Waals surface area contributed by atoms with Crippen molar-refractivity contribution in [2.45, 2.75) is 0 Å². The lowest BCUT2D eigenvalue weighted by Crippen LogP contribution is -2.74. The van der Waals surface area contributed by atoms with E-state index in [-0.39, 0.29) is 0 Å². The zero-order chi connectivity index (χ0) is 38.0. The first-order valence-corrected chi connectivity index (χ1v) is 22.3. The van der Waals surface area contributed by atoms with Gasteiger partial charge in [-0.2, -0.15) is 0 Å². The van der Waals surface area contributed by atoms with Crippen LogP contribution in [0.3, 0.4) is 0 Å². The number of benzene rings is 9. The Labute approximate surface area is 339 Å². The predicted octanol–water partition coefficient (Wildman–Crippen LogP) is 12.2. The number of anilines is 3. The third-order valence-corrected chi connectivity index (χ3v) is 17.1. The maximum Gasteiger partial charge on any atom is 0.179 e. The van der Waals surface area contributed by atoms with Gasteiger partial charge in [-0.15, -0.1) is 11.3 Å². The second-order valence-electron chi connectivity index (χ2n) is 14.5. The topological polar surface area (TPSA) is 3.24 Å². The fourth-order valence-electron chi connectivity index (χ4n) is 8.52. The Hall–Kier alpha value is -6.78. The van der Waals surface area contributed by atoms with E-state index in [4.69, 9.17) is 0 Å². The fraction of sp³-hybridized carbons (Fsp3) is 0. The Morgan fingerprint density at radius 2 is 0.649 bits per heavy atom. The normalized spacial score (nSPS) is 11.5. The van der Waals surface area contributed by atoms with Crippen molar-refractivity contribution >= 4 is 77.4 Å². The minimum absolute atomic E-state index is 1.12. The number of para-hydroxylation sites is 1. The number of rotatable bonds is 9. The minimum Gasteiger partial charge on any atom is -0.310 e. The van der Waals surface area contributed by atoms with Gasteiger partial charge in [0.2, 0.25) is 0 Å². The molecule has 0 aliphatic heterocycles. The van der Waals surface area contributed by atoms with Crippen molar-refractivity contribution in [1.82, 2.24) is 0 Å². The molecule has 0 aliphatic rings. The van der Waals surface area contributed by atoms with Gasteiger partial charge in [0.1, 0.15) is 0 Å². The molecule has 0 atom stereocenters. The molecular weight excluding hydrogens is 723 g/mol. The summed E-state index contributed by atoms with van der Waals surface area (Å²) in [5.41, 5.74) is 8.29. The van der Waals surface area contributed by atoms with Gasteiger partial charge in [-0.3, -0.25) is 0 Å². The zero-order valence-corrected chi connectivity index (χ0v) is 33.2. The lowest BCUT2D eigenvalue weighted by atomic mass is 10.0. The lowest BCUT2D eigenvalue weighted by Gasteiger charge is -2.34. The van der Waals surface area contributed by atoms with Crippen LogP contribution in [0.2, 0.25) is 0 Å². The zero-order valence-electron chi connectivity index (χ0n) is 31.4. The van der Waals surface area contributed by atoms with E-state index in [0.717, 1.165) is 17.1 Å². The van der Waals surface area contributed by atoms with Crippen LogP contribution < -0.4 is 25.6 Å². The Bertz CT molecular complexity index is 2810. The molecule has 0 saturated carbocycles. The van der Waals surface area contributed by atoms with Gasteiger partial charge in [-0.1, -0.05) is 194 Å². The summed E-state index contributed by atoms with van der Waals surface area (Å²) in [7, 11) is -2.58. The van der Waals surface area contributed by atoms with Crippen molar-refractivity contribution in [3.8, 4) is 22.3 Å². The van der Waals surface area contributed by atoms with Crippen LogP contribution in [0, 0.1) is 0 Å². The number of nitrogens with zero attached hydrogens (tertiary/aromatic N) is 1. The molecule has 10 rings (SSSR count). The van der Waals surface area contributed by atoms with Crippen molar-refractivity contribution in [2.24, 2.45) is 0 Å². The highest BCUT2D eigenvalue weighted by Gasteiger charge is 2.41. The van der Waals surface area contributed by atoms with Crippen LogP contribution in [-0.2, 0) is 0 Å². The van der Waals surface area contributed by atoms with Gasteiger partial charge in [0.25, 0.3) is 0 Å². The van der Waals surface area contributed by atoms with Crippen LogP contribution in [0.5, 0.6) is 0 Å². The van der Waals surface area contributed by atoms with Gasteiger partial charge >= 0.3 is 0 Å². The molecule has 0 amide bonds. The smallest absolute Gasteiger partial charge is 0.179 e. The summed E-state index contributed by atoms with van der Waals surface area (Å²) in [6.07, 6.45) is 0. The van der Waals surface area contributed by atoms with Crippen molar-refractivity contribution in [2.75, 3.05) is 4.90 Å². The van der Waals surface area contributed by atoms with Gasteiger partial charge in [0.05, 0.1) is 0 Å². The summed E-state index contributed by atoms with van der Waals surface area (Å²) in [6.45, 7) is 0. The molecule has 1 heterocycles. The maximum absolute atomic E-state index is 2.58. The van der Waals surface area contributed by atoms with Gasteiger partial charge in [0, 0.05) is 37.2 Å². The summed E-state index contributed by atoms with van der Waals surface area (Å²) in [5.74, 6) is 0. The van der Waals surface area contributed by atoms with Crippen LogP contribution in [0.25, 0.3) is 42.4 Å². The van der Waals surface area contributed by atoms with Gasteiger partial charge in [-0.25, -0.2) is 0 Å². The molecule has 0 aliphatic carbocycles. The molecule has 57 heavy (non-hydrogen) atoms. The van der Waals surface area contributed by atoms with Gasteiger partial charge in [0.15, 0.2) is 8.07 Å². The largest absolute Gasteiger partial charge is 0.310 e. The molecule has 0 saturated heterocycles. The lowest BCUT2D eigenvalue weighted by molar-refractivity contribution is 1.29. The van der Waals surface area contributed by atoms with E-state index in [1.165, 1.54) is 63.2 Å². The third kappa shape index (κ3) is 6.37. The molecular formula is C54H39NSSi. The van der Waals surface area contributed by atoms with Crippen LogP contribution in [0.1, 0.15) is 0 Å². The molecule has 9 aromatic carbocycles. The van der Waals surface area contributed by atoms with E-state index in [2.05, 4.69) is 241 Å². The van der Waals surface area contributed by atoms with E-state index in [0.29, 0.717) is 0 Å². The van der Waals surface area contributed by atoms with E-state index >= 15 is 0 Å². The Morgan fingerprint density at radius 3 is 1.19 bits per heavy atom. The van der Waals surface area contributed by atoms with Crippen LogP contribution >= 0.6 is 11.3 Å². The highest BCUT2D eigenvalue weighted by atomic mass is 32.1. The van der Waals surface area contributed by atoms with Crippen molar-refractivity contribution in [3.05, 3.63) is 237 Å². The molecule has 270 valence electrons. The second-order valence-corrected chi connectivity index (χ2v) is 19.4. The molecule has 3 heteroatoms.